The molecule has 0 heterocycles. The van der Waals surface area contributed by atoms with Gasteiger partial charge in [-0.1, -0.05) is 43.2 Å². The number of rotatable bonds is 4. The van der Waals surface area contributed by atoms with Crippen LogP contribution in [0.25, 0.3) is 0 Å². The van der Waals surface area contributed by atoms with Crippen molar-refractivity contribution in [2.24, 2.45) is 5.92 Å². The lowest BCUT2D eigenvalue weighted by atomic mass is 10.1. The smallest absolute Gasteiger partial charge is 0.0294 e. The Bertz CT molecular complexity index is 332. The summed E-state index contributed by atoms with van der Waals surface area (Å²) in [6.07, 6.45) is 2.69. The largest absolute Gasteiger partial charge is 0.307 e. The van der Waals surface area contributed by atoms with Gasteiger partial charge in [-0.3, -0.25) is 0 Å². The molecule has 0 saturated heterocycles. The minimum absolute atomic E-state index is 0.492. The molecular formula is C14H21N. The van der Waals surface area contributed by atoms with Gasteiger partial charge in [-0.05, 0) is 31.7 Å². The molecule has 3 atom stereocenters. The van der Waals surface area contributed by atoms with Gasteiger partial charge in [-0.25, -0.2) is 0 Å². The van der Waals surface area contributed by atoms with Crippen LogP contribution in [0.2, 0.25) is 0 Å². The predicted molar refractivity (Wildman–Crippen MR) is 64.9 cm³/mol. The zero-order chi connectivity index (χ0) is 10.8. The SMILES string of the molecule is CCC1CC1NC(C)c1cccc(C)c1. The Hall–Kier alpha value is -0.820. The summed E-state index contributed by atoms with van der Waals surface area (Å²) in [5.41, 5.74) is 2.76. The van der Waals surface area contributed by atoms with Crippen molar-refractivity contribution in [3.8, 4) is 0 Å². The van der Waals surface area contributed by atoms with Crippen LogP contribution < -0.4 is 5.32 Å². The third-order valence-corrected chi connectivity index (χ3v) is 3.45. The van der Waals surface area contributed by atoms with Crippen LogP contribution >= 0.6 is 0 Å². The van der Waals surface area contributed by atoms with Crippen LogP contribution in [0.15, 0.2) is 24.3 Å². The summed E-state index contributed by atoms with van der Waals surface area (Å²) in [5.74, 6) is 0.928. The van der Waals surface area contributed by atoms with E-state index in [1.807, 2.05) is 0 Å². The molecule has 0 amide bonds. The average Bonchev–Trinajstić information content (AvgIpc) is 2.96. The Morgan fingerprint density at radius 2 is 2.27 bits per heavy atom. The van der Waals surface area contributed by atoms with E-state index in [1.54, 1.807) is 0 Å². The predicted octanol–water partition coefficient (Wildman–Crippen LogP) is 3.44. The summed E-state index contributed by atoms with van der Waals surface area (Å²) in [6.45, 7) is 6.70. The highest BCUT2D eigenvalue weighted by molar-refractivity contribution is 5.25. The fourth-order valence-corrected chi connectivity index (χ4v) is 2.26. The zero-order valence-corrected chi connectivity index (χ0v) is 9.96. The van der Waals surface area contributed by atoms with Gasteiger partial charge in [0.15, 0.2) is 0 Å². The first-order chi connectivity index (χ1) is 7.20. The number of aryl methyl sites for hydroxylation is 1. The van der Waals surface area contributed by atoms with E-state index < -0.39 is 0 Å². The van der Waals surface area contributed by atoms with E-state index in [2.05, 4.69) is 50.4 Å². The molecule has 0 bridgehead atoms. The summed E-state index contributed by atoms with van der Waals surface area (Å²) in [4.78, 5) is 0. The third-order valence-electron chi connectivity index (χ3n) is 3.45. The van der Waals surface area contributed by atoms with Crippen LogP contribution in [0.4, 0.5) is 0 Å². The monoisotopic (exact) mass is 203 g/mol. The lowest BCUT2D eigenvalue weighted by Gasteiger charge is -2.14. The van der Waals surface area contributed by atoms with Gasteiger partial charge in [0, 0.05) is 12.1 Å². The van der Waals surface area contributed by atoms with Gasteiger partial charge in [-0.2, -0.15) is 0 Å². The topological polar surface area (TPSA) is 12.0 Å². The first-order valence-electron chi connectivity index (χ1n) is 6.03. The maximum atomic E-state index is 3.70. The molecule has 0 spiro atoms. The quantitative estimate of drug-likeness (QED) is 0.790. The Labute approximate surface area is 92.9 Å². The molecule has 0 aliphatic heterocycles. The Morgan fingerprint density at radius 3 is 2.87 bits per heavy atom. The van der Waals surface area contributed by atoms with Gasteiger partial charge in [0.25, 0.3) is 0 Å². The number of nitrogens with one attached hydrogen (secondary N) is 1. The molecule has 0 radical (unpaired) electrons. The summed E-state index contributed by atoms with van der Waals surface area (Å²) in [7, 11) is 0. The molecule has 1 aliphatic carbocycles. The Kier molecular flexibility index (Phi) is 3.11. The Morgan fingerprint density at radius 1 is 1.47 bits per heavy atom. The van der Waals surface area contributed by atoms with Gasteiger partial charge in [0.05, 0.1) is 0 Å². The highest BCUT2D eigenvalue weighted by Gasteiger charge is 2.35. The van der Waals surface area contributed by atoms with Gasteiger partial charge in [0.1, 0.15) is 0 Å². The van der Waals surface area contributed by atoms with Crippen LogP contribution in [0.1, 0.15) is 43.9 Å². The summed E-state index contributed by atoms with van der Waals surface area (Å²) < 4.78 is 0. The summed E-state index contributed by atoms with van der Waals surface area (Å²) in [5, 5.41) is 3.70. The second kappa shape index (κ2) is 4.36. The second-order valence-corrected chi connectivity index (χ2v) is 4.81. The molecule has 1 aromatic carbocycles. The van der Waals surface area contributed by atoms with Crippen molar-refractivity contribution in [2.75, 3.05) is 0 Å². The molecule has 1 aliphatic rings. The van der Waals surface area contributed by atoms with E-state index in [0.29, 0.717) is 6.04 Å². The molecule has 1 saturated carbocycles. The van der Waals surface area contributed by atoms with E-state index in [9.17, 15) is 0 Å². The molecule has 82 valence electrons. The normalized spacial score (nSPS) is 26.3. The summed E-state index contributed by atoms with van der Waals surface area (Å²) in [6, 6.07) is 10.1. The van der Waals surface area contributed by atoms with Crippen molar-refractivity contribution in [3.63, 3.8) is 0 Å². The van der Waals surface area contributed by atoms with Crippen LogP contribution in [-0.4, -0.2) is 6.04 Å². The molecule has 0 aromatic heterocycles. The minimum atomic E-state index is 0.492. The van der Waals surface area contributed by atoms with Gasteiger partial charge >= 0.3 is 0 Å². The molecular weight excluding hydrogens is 182 g/mol. The number of benzene rings is 1. The van der Waals surface area contributed by atoms with E-state index in [-0.39, 0.29) is 0 Å². The molecule has 1 fully saturated rings. The van der Waals surface area contributed by atoms with E-state index in [1.165, 1.54) is 24.0 Å². The van der Waals surface area contributed by atoms with Crippen LogP contribution in [-0.2, 0) is 0 Å². The van der Waals surface area contributed by atoms with Crippen molar-refractivity contribution in [1.82, 2.24) is 5.32 Å². The maximum absolute atomic E-state index is 3.70. The van der Waals surface area contributed by atoms with E-state index >= 15 is 0 Å². The van der Waals surface area contributed by atoms with Gasteiger partial charge in [0.2, 0.25) is 0 Å². The summed E-state index contributed by atoms with van der Waals surface area (Å²) >= 11 is 0. The third kappa shape index (κ3) is 2.60. The highest BCUT2D eigenvalue weighted by atomic mass is 15.0. The molecule has 3 unspecified atom stereocenters. The minimum Gasteiger partial charge on any atom is -0.307 e. The standard InChI is InChI=1S/C14H21N/c1-4-12-9-14(12)15-11(3)13-7-5-6-10(2)8-13/h5-8,11-12,14-15H,4,9H2,1-3H3. The van der Waals surface area contributed by atoms with Crippen LogP contribution in [0.3, 0.4) is 0 Å². The average molecular weight is 203 g/mol. The van der Waals surface area contributed by atoms with Crippen molar-refractivity contribution >= 4 is 0 Å². The first kappa shape index (κ1) is 10.7. The van der Waals surface area contributed by atoms with Gasteiger partial charge < -0.3 is 5.32 Å². The molecule has 1 heteroatoms. The zero-order valence-electron chi connectivity index (χ0n) is 9.96. The lowest BCUT2D eigenvalue weighted by molar-refractivity contribution is 0.539. The maximum Gasteiger partial charge on any atom is 0.0294 e. The Balaban J connectivity index is 1.93. The molecule has 1 nitrogen and oxygen atoms in total. The van der Waals surface area contributed by atoms with Crippen molar-refractivity contribution in [3.05, 3.63) is 35.4 Å². The van der Waals surface area contributed by atoms with Crippen molar-refractivity contribution < 1.29 is 0 Å². The number of hydrogen-bond acceptors (Lipinski definition) is 1. The highest BCUT2D eigenvalue weighted by Crippen LogP contribution is 2.35. The van der Waals surface area contributed by atoms with Crippen LogP contribution in [0, 0.1) is 12.8 Å². The lowest BCUT2D eigenvalue weighted by Crippen LogP contribution is -2.22. The van der Waals surface area contributed by atoms with Gasteiger partial charge in [-0.15, -0.1) is 0 Å². The molecule has 2 rings (SSSR count). The van der Waals surface area contributed by atoms with E-state index in [0.717, 1.165) is 12.0 Å². The molecule has 1 N–H and O–H groups in total. The fourth-order valence-electron chi connectivity index (χ4n) is 2.26. The first-order valence-corrected chi connectivity index (χ1v) is 6.03. The second-order valence-electron chi connectivity index (χ2n) is 4.81. The van der Waals surface area contributed by atoms with Crippen molar-refractivity contribution in [1.29, 1.82) is 0 Å². The molecule has 1 aromatic rings. The van der Waals surface area contributed by atoms with Crippen LogP contribution in [0.5, 0.6) is 0 Å². The van der Waals surface area contributed by atoms with Crippen molar-refractivity contribution in [2.45, 2.75) is 45.7 Å². The molecule has 15 heavy (non-hydrogen) atoms. The number of hydrogen-bond donors (Lipinski definition) is 1. The fraction of sp³-hybridized carbons (Fsp3) is 0.571. The van der Waals surface area contributed by atoms with E-state index in [4.69, 9.17) is 0 Å².